The van der Waals surface area contributed by atoms with Gasteiger partial charge in [-0.25, -0.2) is 8.99 Å². The van der Waals surface area contributed by atoms with Gasteiger partial charge in [0.05, 0.1) is 4.90 Å². The smallest absolute Gasteiger partial charge is 0.483 e. The Hall–Kier alpha value is -1.24. The topological polar surface area (TPSA) is 61.2 Å². The lowest BCUT2D eigenvalue weighted by Gasteiger charge is -2.10. The third-order valence-corrected chi connectivity index (χ3v) is 3.08. The zero-order valence-electron chi connectivity index (χ0n) is 6.71. The highest BCUT2D eigenvalue weighted by Gasteiger charge is 2.43. The second-order valence-corrected chi connectivity index (χ2v) is 4.54. The number of rotatable bonds is 1. The van der Waals surface area contributed by atoms with Crippen molar-refractivity contribution < 1.29 is 22.5 Å². The highest BCUT2D eigenvalue weighted by Crippen LogP contribution is 2.31. The Morgan fingerprint density at radius 3 is 2.00 bits per heavy atom. The van der Waals surface area contributed by atoms with Crippen molar-refractivity contribution in [3.63, 3.8) is 0 Å². The Bertz CT molecular complexity index is 421. The van der Waals surface area contributed by atoms with Crippen LogP contribution in [-0.4, -0.2) is 14.8 Å². The van der Waals surface area contributed by atoms with Gasteiger partial charge in [-0.1, -0.05) is 0 Å². The second kappa shape index (κ2) is 3.16. The van der Waals surface area contributed by atoms with Gasteiger partial charge in [0.15, 0.2) is 9.73 Å². The van der Waals surface area contributed by atoms with Gasteiger partial charge in [-0.15, -0.1) is 0 Å². The van der Waals surface area contributed by atoms with Gasteiger partial charge >= 0.3 is 5.51 Å². The van der Waals surface area contributed by atoms with Crippen molar-refractivity contribution in [2.24, 2.45) is 0 Å². The molecule has 1 rings (SSSR count). The van der Waals surface area contributed by atoms with E-state index < -0.39 is 20.1 Å². The van der Waals surface area contributed by atoms with Crippen molar-refractivity contribution in [1.82, 2.24) is 0 Å². The highest BCUT2D eigenvalue weighted by atomic mass is 32.2. The van der Waals surface area contributed by atoms with Gasteiger partial charge in [0, 0.05) is 0 Å². The summed E-state index contributed by atoms with van der Waals surface area (Å²) in [6.45, 7) is 0. The van der Waals surface area contributed by atoms with Gasteiger partial charge in [0.1, 0.15) is 5.75 Å². The van der Waals surface area contributed by atoms with Gasteiger partial charge in [-0.3, -0.25) is 0 Å². The summed E-state index contributed by atoms with van der Waals surface area (Å²) in [7, 11) is -4.80. The summed E-state index contributed by atoms with van der Waals surface area (Å²) in [5.74, 6) is -0.244. The van der Waals surface area contributed by atoms with E-state index in [0.717, 1.165) is 24.3 Å². The van der Waals surface area contributed by atoms with Crippen molar-refractivity contribution in [1.29, 1.82) is 4.78 Å². The predicted molar refractivity (Wildman–Crippen MR) is 43.3 cm³/mol. The Balaban J connectivity index is 3.25. The van der Waals surface area contributed by atoms with Crippen LogP contribution in [0.15, 0.2) is 29.2 Å². The molecule has 3 nitrogen and oxygen atoms in total. The van der Waals surface area contributed by atoms with E-state index in [9.17, 15) is 17.4 Å². The van der Waals surface area contributed by atoms with Crippen molar-refractivity contribution >= 4 is 9.73 Å². The number of aromatic hydroxyl groups is 1. The fourth-order valence-corrected chi connectivity index (χ4v) is 1.56. The minimum Gasteiger partial charge on any atom is -0.508 e. The molecule has 0 spiro atoms. The zero-order valence-corrected chi connectivity index (χ0v) is 7.52. The van der Waals surface area contributed by atoms with Crippen LogP contribution in [0.1, 0.15) is 0 Å². The summed E-state index contributed by atoms with van der Waals surface area (Å²) in [6.07, 6.45) is 0. The zero-order chi connectivity index (χ0) is 11.0. The van der Waals surface area contributed by atoms with Crippen LogP contribution in [0.5, 0.6) is 5.75 Å². The molecule has 0 aliphatic rings. The molecule has 2 N–H and O–H groups in total. The molecule has 0 radical (unpaired) electrons. The maximum atomic E-state index is 12.1. The summed E-state index contributed by atoms with van der Waals surface area (Å²) in [6, 6.07) is 3.54. The monoisotopic (exact) mass is 225 g/mol. The second-order valence-electron chi connectivity index (χ2n) is 2.50. The van der Waals surface area contributed by atoms with Gasteiger partial charge in [0.25, 0.3) is 0 Å². The molecule has 0 bridgehead atoms. The molecule has 1 atom stereocenters. The first-order valence-electron chi connectivity index (χ1n) is 3.39. The molecule has 14 heavy (non-hydrogen) atoms. The van der Waals surface area contributed by atoms with E-state index in [4.69, 9.17) is 9.89 Å². The number of hydrogen-bond acceptors (Lipinski definition) is 3. The van der Waals surface area contributed by atoms with Crippen LogP contribution in [0.3, 0.4) is 0 Å². The molecule has 0 aromatic heterocycles. The van der Waals surface area contributed by atoms with Crippen LogP contribution in [-0.2, 0) is 9.73 Å². The van der Waals surface area contributed by atoms with Crippen molar-refractivity contribution in [2.75, 3.05) is 0 Å². The first-order valence-corrected chi connectivity index (χ1v) is 4.95. The van der Waals surface area contributed by atoms with Crippen LogP contribution in [0, 0.1) is 4.78 Å². The molecule has 7 heteroatoms. The Kier molecular flexibility index (Phi) is 2.45. The third kappa shape index (κ3) is 1.82. The number of phenolic OH excluding ortho intramolecular Hbond substituents is 1. The van der Waals surface area contributed by atoms with E-state index >= 15 is 0 Å². The molecule has 0 amide bonds. The normalized spacial score (nSPS) is 16.2. The standard InChI is InChI=1S/C7H6F3NO2S/c8-7(9,10)14(11,13)6-3-1-5(12)2-4-6/h1-4,11-12H. The van der Waals surface area contributed by atoms with Crippen LogP contribution < -0.4 is 0 Å². The van der Waals surface area contributed by atoms with Crippen LogP contribution in [0.2, 0.25) is 0 Å². The number of alkyl halides is 3. The molecule has 1 aromatic rings. The van der Waals surface area contributed by atoms with Crippen LogP contribution >= 0.6 is 0 Å². The molecule has 1 unspecified atom stereocenters. The highest BCUT2D eigenvalue weighted by molar-refractivity contribution is 7.93. The Morgan fingerprint density at radius 2 is 1.64 bits per heavy atom. The van der Waals surface area contributed by atoms with E-state index in [0.29, 0.717) is 0 Å². The van der Waals surface area contributed by atoms with Gasteiger partial charge in [-0.2, -0.15) is 13.2 Å². The third-order valence-electron chi connectivity index (χ3n) is 1.49. The number of nitrogens with one attached hydrogen (secondary N) is 1. The fourth-order valence-electron chi connectivity index (χ4n) is 0.771. The Morgan fingerprint density at radius 1 is 1.21 bits per heavy atom. The van der Waals surface area contributed by atoms with E-state index in [1.165, 1.54) is 0 Å². The summed E-state index contributed by atoms with van der Waals surface area (Å²) < 4.78 is 54.0. The van der Waals surface area contributed by atoms with E-state index in [1.54, 1.807) is 0 Å². The van der Waals surface area contributed by atoms with Gasteiger partial charge in [0.2, 0.25) is 0 Å². The molecule has 0 fully saturated rings. The average molecular weight is 225 g/mol. The van der Waals surface area contributed by atoms with Gasteiger partial charge < -0.3 is 5.11 Å². The summed E-state index contributed by atoms with van der Waals surface area (Å²) in [4.78, 5) is -0.664. The molecule has 0 aliphatic carbocycles. The van der Waals surface area contributed by atoms with Crippen LogP contribution in [0.4, 0.5) is 13.2 Å². The van der Waals surface area contributed by atoms with E-state index in [-0.39, 0.29) is 5.75 Å². The lowest BCUT2D eigenvalue weighted by Crippen LogP contribution is -2.21. The maximum Gasteiger partial charge on any atom is 0.483 e. The summed E-state index contributed by atoms with van der Waals surface area (Å²) in [5, 5.41) is 8.79. The first kappa shape index (κ1) is 10.8. The van der Waals surface area contributed by atoms with Crippen molar-refractivity contribution in [3.8, 4) is 5.75 Å². The minimum atomic E-state index is -5.09. The maximum absolute atomic E-state index is 12.1. The quantitative estimate of drug-likeness (QED) is 0.770. The largest absolute Gasteiger partial charge is 0.508 e. The molecule has 0 saturated heterocycles. The summed E-state index contributed by atoms with van der Waals surface area (Å²) in [5.41, 5.74) is -5.09. The van der Waals surface area contributed by atoms with Crippen molar-refractivity contribution in [2.45, 2.75) is 10.4 Å². The average Bonchev–Trinajstić information content (AvgIpc) is 2.03. The SMILES string of the molecule is N=S(=O)(c1ccc(O)cc1)C(F)(F)F. The molecule has 0 heterocycles. The van der Waals surface area contributed by atoms with E-state index in [2.05, 4.69) is 0 Å². The predicted octanol–water partition coefficient (Wildman–Crippen LogP) is 2.32. The Labute approximate surface area is 78.2 Å². The lowest BCUT2D eigenvalue weighted by molar-refractivity contribution is -0.0406. The van der Waals surface area contributed by atoms with Crippen LogP contribution in [0.25, 0.3) is 0 Å². The molecule has 78 valence electrons. The summed E-state index contributed by atoms with van der Waals surface area (Å²) >= 11 is 0. The van der Waals surface area contributed by atoms with E-state index in [1.807, 2.05) is 0 Å². The molecule has 0 saturated carbocycles. The number of hydrogen-bond donors (Lipinski definition) is 2. The van der Waals surface area contributed by atoms with Gasteiger partial charge in [-0.05, 0) is 24.3 Å². The fraction of sp³-hybridized carbons (Fsp3) is 0.143. The number of phenols is 1. The molecular formula is C7H6F3NO2S. The number of halogens is 3. The minimum absolute atomic E-state index is 0.244. The molecule has 1 aromatic carbocycles. The first-order chi connectivity index (χ1) is 6.25. The number of benzene rings is 1. The lowest BCUT2D eigenvalue weighted by atomic mass is 10.3. The molecular weight excluding hydrogens is 219 g/mol. The molecule has 0 aliphatic heterocycles. The van der Waals surface area contributed by atoms with Crippen molar-refractivity contribution in [3.05, 3.63) is 24.3 Å².